The van der Waals surface area contributed by atoms with Gasteiger partial charge in [-0.2, -0.15) is 5.26 Å². The maximum Gasteiger partial charge on any atom is 0.162 e. The summed E-state index contributed by atoms with van der Waals surface area (Å²) < 4.78 is 10.4. The lowest BCUT2D eigenvalue weighted by Crippen LogP contribution is -1.99. The molecule has 0 aliphatic heterocycles. The van der Waals surface area contributed by atoms with Gasteiger partial charge < -0.3 is 14.8 Å². The minimum atomic E-state index is 0.528. The van der Waals surface area contributed by atoms with Crippen LogP contribution in [0.25, 0.3) is 0 Å². The quantitative estimate of drug-likeness (QED) is 0.924. The third kappa shape index (κ3) is 2.64. The molecule has 1 N–H and O–H groups in total. The van der Waals surface area contributed by atoms with Crippen molar-refractivity contribution in [2.75, 3.05) is 19.5 Å². The van der Waals surface area contributed by atoms with Crippen LogP contribution < -0.4 is 14.8 Å². The number of nitriles is 1. The Kier molecular flexibility index (Phi) is 4.06. The molecule has 0 aliphatic rings. The molecule has 102 valence electrons. The van der Waals surface area contributed by atoms with E-state index in [-0.39, 0.29) is 0 Å². The maximum absolute atomic E-state index is 9.19. The van der Waals surface area contributed by atoms with Crippen molar-refractivity contribution in [2.24, 2.45) is 0 Å². The molecule has 0 unspecified atom stereocenters. The number of pyridine rings is 1. The fraction of sp³-hybridized carbons (Fsp3) is 0.200. The minimum Gasteiger partial charge on any atom is -0.493 e. The molecule has 0 fully saturated rings. The average Bonchev–Trinajstić information content (AvgIpc) is 2.47. The van der Waals surface area contributed by atoms with Crippen LogP contribution >= 0.6 is 0 Å². The van der Waals surface area contributed by atoms with E-state index in [0.29, 0.717) is 22.9 Å². The number of ether oxygens (including phenoxy) is 2. The van der Waals surface area contributed by atoms with Crippen molar-refractivity contribution in [1.82, 2.24) is 4.98 Å². The number of hydrogen-bond donors (Lipinski definition) is 1. The normalized spacial score (nSPS) is 9.70. The number of hydrogen-bond acceptors (Lipinski definition) is 5. The van der Waals surface area contributed by atoms with Crippen LogP contribution in [0.5, 0.6) is 11.5 Å². The molecule has 0 spiro atoms. The fourth-order valence-corrected chi connectivity index (χ4v) is 1.84. The molecule has 5 heteroatoms. The van der Waals surface area contributed by atoms with Gasteiger partial charge in [-0.05, 0) is 30.7 Å². The van der Waals surface area contributed by atoms with Gasteiger partial charge in [0, 0.05) is 18.0 Å². The van der Waals surface area contributed by atoms with Crippen LogP contribution in [0.1, 0.15) is 11.1 Å². The largest absolute Gasteiger partial charge is 0.493 e. The molecular weight excluding hydrogens is 254 g/mol. The van der Waals surface area contributed by atoms with Gasteiger partial charge in [0.25, 0.3) is 0 Å². The molecule has 2 aromatic rings. The first-order chi connectivity index (χ1) is 9.69. The van der Waals surface area contributed by atoms with Crippen LogP contribution in [0, 0.1) is 18.3 Å². The Morgan fingerprint density at radius 1 is 1.15 bits per heavy atom. The molecule has 0 saturated heterocycles. The zero-order valence-electron chi connectivity index (χ0n) is 11.6. The smallest absolute Gasteiger partial charge is 0.162 e. The van der Waals surface area contributed by atoms with Crippen molar-refractivity contribution in [3.8, 4) is 17.6 Å². The molecule has 1 aromatic carbocycles. The summed E-state index contributed by atoms with van der Waals surface area (Å²) in [4.78, 5) is 4.20. The van der Waals surface area contributed by atoms with E-state index in [1.807, 2.05) is 13.0 Å². The number of aromatic nitrogens is 1. The minimum absolute atomic E-state index is 0.528. The van der Waals surface area contributed by atoms with Crippen molar-refractivity contribution in [3.63, 3.8) is 0 Å². The Labute approximate surface area is 117 Å². The summed E-state index contributed by atoms with van der Waals surface area (Å²) in [5.41, 5.74) is 2.19. The van der Waals surface area contributed by atoms with Crippen LogP contribution in [-0.2, 0) is 0 Å². The first-order valence-corrected chi connectivity index (χ1v) is 6.04. The lowest BCUT2D eigenvalue weighted by atomic mass is 10.1. The van der Waals surface area contributed by atoms with Crippen LogP contribution in [0.2, 0.25) is 0 Å². The Morgan fingerprint density at radius 3 is 2.55 bits per heavy atom. The zero-order chi connectivity index (χ0) is 14.5. The maximum atomic E-state index is 9.19. The van der Waals surface area contributed by atoms with Gasteiger partial charge in [0.2, 0.25) is 0 Å². The van der Waals surface area contributed by atoms with E-state index in [0.717, 1.165) is 11.3 Å². The van der Waals surface area contributed by atoms with Crippen LogP contribution in [-0.4, -0.2) is 19.2 Å². The number of rotatable bonds is 4. The highest BCUT2D eigenvalue weighted by molar-refractivity contribution is 5.66. The average molecular weight is 269 g/mol. The SMILES string of the molecule is COc1ccc(Nc2nccc(C)c2C#N)cc1OC. The zero-order valence-corrected chi connectivity index (χ0v) is 11.6. The van der Waals surface area contributed by atoms with E-state index in [9.17, 15) is 5.26 Å². The molecule has 0 radical (unpaired) electrons. The summed E-state index contributed by atoms with van der Waals surface area (Å²) >= 11 is 0. The van der Waals surface area contributed by atoms with Crippen molar-refractivity contribution >= 4 is 11.5 Å². The third-order valence-electron chi connectivity index (χ3n) is 2.92. The van der Waals surface area contributed by atoms with Gasteiger partial charge in [0.1, 0.15) is 11.9 Å². The summed E-state index contributed by atoms with van der Waals surface area (Å²) in [5, 5.41) is 12.3. The van der Waals surface area contributed by atoms with E-state index in [4.69, 9.17) is 9.47 Å². The molecule has 1 heterocycles. The number of nitrogens with one attached hydrogen (secondary N) is 1. The van der Waals surface area contributed by atoms with Crippen molar-refractivity contribution in [3.05, 3.63) is 41.6 Å². The van der Waals surface area contributed by atoms with Gasteiger partial charge in [-0.25, -0.2) is 4.98 Å². The molecule has 0 bridgehead atoms. The molecule has 0 saturated carbocycles. The van der Waals surface area contributed by atoms with Gasteiger partial charge >= 0.3 is 0 Å². The summed E-state index contributed by atoms with van der Waals surface area (Å²) in [6.07, 6.45) is 1.67. The predicted molar refractivity (Wildman–Crippen MR) is 76.5 cm³/mol. The highest BCUT2D eigenvalue weighted by Crippen LogP contribution is 2.31. The number of methoxy groups -OCH3 is 2. The van der Waals surface area contributed by atoms with E-state index in [1.54, 1.807) is 38.6 Å². The first kappa shape index (κ1) is 13.7. The van der Waals surface area contributed by atoms with Crippen molar-refractivity contribution in [2.45, 2.75) is 6.92 Å². The first-order valence-electron chi connectivity index (χ1n) is 6.04. The Bertz CT molecular complexity index is 663. The molecule has 0 aliphatic carbocycles. The van der Waals surface area contributed by atoms with E-state index in [2.05, 4.69) is 16.4 Å². The van der Waals surface area contributed by atoms with E-state index >= 15 is 0 Å². The summed E-state index contributed by atoms with van der Waals surface area (Å²) in [5.74, 6) is 1.79. The molecule has 0 atom stereocenters. The Balaban J connectivity index is 2.36. The van der Waals surface area contributed by atoms with Gasteiger partial charge in [0.05, 0.1) is 19.8 Å². The second kappa shape index (κ2) is 5.93. The molecule has 0 amide bonds. The van der Waals surface area contributed by atoms with E-state index in [1.165, 1.54) is 0 Å². The Morgan fingerprint density at radius 2 is 1.90 bits per heavy atom. The lowest BCUT2D eigenvalue weighted by molar-refractivity contribution is 0.355. The second-order valence-electron chi connectivity index (χ2n) is 4.16. The van der Waals surface area contributed by atoms with Gasteiger partial charge in [0.15, 0.2) is 11.5 Å². The molecule has 20 heavy (non-hydrogen) atoms. The summed E-state index contributed by atoms with van der Waals surface area (Å²) in [6, 6.07) is 9.39. The monoisotopic (exact) mass is 269 g/mol. The van der Waals surface area contributed by atoms with Crippen LogP contribution in [0.15, 0.2) is 30.5 Å². The van der Waals surface area contributed by atoms with Crippen LogP contribution in [0.4, 0.5) is 11.5 Å². The van der Waals surface area contributed by atoms with E-state index < -0.39 is 0 Å². The fourth-order valence-electron chi connectivity index (χ4n) is 1.84. The summed E-state index contributed by atoms with van der Waals surface area (Å²) in [7, 11) is 3.16. The highest BCUT2D eigenvalue weighted by atomic mass is 16.5. The molecule has 2 rings (SSSR count). The van der Waals surface area contributed by atoms with Gasteiger partial charge in [-0.15, -0.1) is 0 Å². The Hall–Kier alpha value is -2.74. The lowest BCUT2D eigenvalue weighted by Gasteiger charge is -2.12. The molecular formula is C15H15N3O2. The third-order valence-corrected chi connectivity index (χ3v) is 2.92. The standard InChI is InChI=1S/C15H15N3O2/c1-10-6-7-17-15(12(10)9-16)18-11-4-5-13(19-2)14(8-11)20-3/h4-8H,1-3H3,(H,17,18). The van der Waals surface area contributed by atoms with Crippen LogP contribution in [0.3, 0.4) is 0 Å². The number of anilines is 2. The topological polar surface area (TPSA) is 67.2 Å². The second-order valence-corrected chi connectivity index (χ2v) is 4.16. The van der Waals surface area contributed by atoms with Crippen molar-refractivity contribution < 1.29 is 9.47 Å². The number of aryl methyl sites for hydroxylation is 1. The molecule has 5 nitrogen and oxygen atoms in total. The van der Waals surface area contributed by atoms with Gasteiger partial charge in [-0.1, -0.05) is 0 Å². The molecule has 1 aromatic heterocycles. The highest BCUT2D eigenvalue weighted by Gasteiger charge is 2.09. The summed E-state index contributed by atoms with van der Waals surface area (Å²) in [6.45, 7) is 1.88. The number of nitrogens with zero attached hydrogens (tertiary/aromatic N) is 2. The van der Waals surface area contributed by atoms with Gasteiger partial charge in [-0.3, -0.25) is 0 Å². The van der Waals surface area contributed by atoms with Crippen molar-refractivity contribution in [1.29, 1.82) is 5.26 Å². The predicted octanol–water partition coefficient (Wildman–Crippen LogP) is 3.02. The number of benzene rings is 1.